The van der Waals surface area contributed by atoms with Gasteiger partial charge in [0, 0.05) is 0 Å². The molecule has 0 aliphatic rings. The van der Waals surface area contributed by atoms with Crippen molar-refractivity contribution in [1.29, 1.82) is 0 Å². The molecule has 2 rings (SSSR count). The second kappa shape index (κ2) is 2.67. The largest absolute Gasteiger partial charge is 0.275 e. The van der Waals surface area contributed by atoms with Crippen LogP contribution in [0.25, 0.3) is 10.9 Å². The third kappa shape index (κ3) is 1.21. The summed E-state index contributed by atoms with van der Waals surface area (Å²) in [4.78, 5) is 11.3. The standard InChI is InChI=1S/C9H12N4O/c1-9(2,3)13-7-5-10-12-8(14)6(7)4-11-13/h4-5H,1-3H3,(H,12,14). The van der Waals surface area contributed by atoms with Crippen LogP contribution in [0, 0.1) is 0 Å². The van der Waals surface area contributed by atoms with Gasteiger partial charge in [-0.05, 0) is 20.8 Å². The first-order valence-electron chi connectivity index (χ1n) is 4.42. The fraction of sp³-hybridized carbons (Fsp3) is 0.444. The number of H-pyrrole nitrogens is 1. The second-order valence-electron chi connectivity index (χ2n) is 4.23. The number of hydrogen-bond donors (Lipinski definition) is 1. The van der Waals surface area contributed by atoms with E-state index in [0.29, 0.717) is 5.39 Å². The average Bonchev–Trinajstić information content (AvgIpc) is 2.47. The van der Waals surface area contributed by atoms with E-state index in [2.05, 4.69) is 15.3 Å². The zero-order valence-corrected chi connectivity index (χ0v) is 8.40. The SMILES string of the molecule is CC(C)(C)n1ncc2c(=O)[nH]ncc21. The highest BCUT2D eigenvalue weighted by molar-refractivity contribution is 5.76. The Morgan fingerprint density at radius 2 is 2.07 bits per heavy atom. The molecule has 14 heavy (non-hydrogen) atoms. The van der Waals surface area contributed by atoms with Crippen molar-refractivity contribution >= 4 is 10.9 Å². The molecule has 0 unspecified atom stereocenters. The molecule has 5 nitrogen and oxygen atoms in total. The van der Waals surface area contributed by atoms with Gasteiger partial charge in [0.05, 0.1) is 28.8 Å². The van der Waals surface area contributed by atoms with E-state index in [9.17, 15) is 4.79 Å². The molecular formula is C9H12N4O. The van der Waals surface area contributed by atoms with Crippen molar-refractivity contribution in [2.75, 3.05) is 0 Å². The van der Waals surface area contributed by atoms with Crippen molar-refractivity contribution in [1.82, 2.24) is 20.0 Å². The lowest BCUT2D eigenvalue weighted by Crippen LogP contribution is -2.23. The minimum atomic E-state index is -0.196. The number of hydrogen-bond acceptors (Lipinski definition) is 3. The highest BCUT2D eigenvalue weighted by Gasteiger charge is 2.17. The Bertz CT molecular complexity index is 517. The number of aromatic nitrogens is 4. The van der Waals surface area contributed by atoms with Gasteiger partial charge in [0.2, 0.25) is 0 Å². The molecular weight excluding hydrogens is 180 g/mol. The molecule has 2 heterocycles. The summed E-state index contributed by atoms with van der Waals surface area (Å²) in [5.41, 5.74) is 0.427. The van der Waals surface area contributed by atoms with Crippen LogP contribution in [0.2, 0.25) is 0 Å². The predicted molar refractivity (Wildman–Crippen MR) is 53.1 cm³/mol. The number of aromatic amines is 1. The maximum absolute atomic E-state index is 11.3. The molecule has 5 heteroatoms. The van der Waals surface area contributed by atoms with Gasteiger partial charge in [0.1, 0.15) is 0 Å². The third-order valence-corrected chi connectivity index (χ3v) is 2.04. The van der Waals surface area contributed by atoms with Gasteiger partial charge >= 0.3 is 0 Å². The molecule has 0 aliphatic heterocycles. The molecule has 0 saturated heterocycles. The van der Waals surface area contributed by atoms with Crippen LogP contribution < -0.4 is 5.56 Å². The smallest absolute Gasteiger partial charge is 0.267 e. The summed E-state index contributed by atoms with van der Waals surface area (Å²) in [6, 6.07) is 0. The average molecular weight is 192 g/mol. The van der Waals surface area contributed by atoms with E-state index in [1.165, 1.54) is 0 Å². The molecule has 74 valence electrons. The molecule has 0 atom stereocenters. The van der Waals surface area contributed by atoms with Crippen molar-refractivity contribution in [2.45, 2.75) is 26.3 Å². The van der Waals surface area contributed by atoms with Gasteiger partial charge in [-0.2, -0.15) is 10.2 Å². The van der Waals surface area contributed by atoms with Crippen molar-refractivity contribution in [3.63, 3.8) is 0 Å². The van der Waals surface area contributed by atoms with Crippen molar-refractivity contribution in [3.05, 3.63) is 22.7 Å². The molecule has 0 bridgehead atoms. The van der Waals surface area contributed by atoms with Crippen LogP contribution in [0.15, 0.2) is 17.2 Å². The van der Waals surface area contributed by atoms with Crippen LogP contribution in [-0.4, -0.2) is 20.0 Å². The number of rotatable bonds is 0. The fourth-order valence-corrected chi connectivity index (χ4v) is 1.40. The quantitative estimate of drug-likeness (QED) is 0.673. The molecule has 1 N–H and O–H groups in total. The van der Waals surface area contributed by atoms with Gasteiger partial charge in [-0.15, -0.1) is 0 Å². The van der Waals surface area contributed by atoms with Gasteiger partial charge in [0.25, 0.3) is 5.56 Å². The van der Waals surface area contributed by atoms with Crippen LogP contribution >= 0.6 is 0 Å². The normalized spacial score (nSPS) is 12.2. The summed E-state index contributed by atoms with van der Waals surface area (Å²) in [6.45, 7) is 6.09. The van der Waals surface area contributed by atoms with Crippen molar-refractivity contribution < 1.29 is 0 Å². The Hall–Kier alpha value is -1.65. The first-order chi connectivity index (χ1) is 6.50. The summed E-state index contributed by atoms with van der Waals surface area (Å²) >= 11 is 0. The summed E-state index contributed by atoms with van der Waals surface area (Å²) < 4.78 is 1.80. The lowest BCUT2D eigenvalue weighted by atomic mass is 10.1. The van der Waals surface area contributed by atoms with Crippen LogP contribution in [0.3, 0.4) is 0 Å². The molecule has 0 amide bonds. The van der Waals surface area contributed by atoms with E-state index >= 15 is 0 Å². The summed E-state index contributed by atoms with van der Waals surface area (Å²) in [6.07, 6.45) is 3.19. The second-order valence-corrected chi connectivity index (χ2v) is 4.23. The van der Waals surface area contributed by atoms with Crippen LogP contribution in [0.5, 0.6) is 0 Å². The van der Waals surface area contributed by atoms with Crippen LogP contribution in [0.1, 0.15) is 20.8 Å². The molecule has 0 saturated carbocycles. The highest BCUT2D eigenvalue weighted by Crippen LogP contribution is 2.18. The van der Waals surface area contributed by atoms with E-state index in [1.807, 2.05) is 20.8 Å². The van der Waals surface area contributed by atoms with E-state index in [1.54, 1.807) is 17.1 Å². The van der Waals surface area contributed by atoms with Crippen molar-refractivity contribution in [3.8, 4) is 0 Å². The minimum absolute atomic E-state index is 0.142. The summed E-state index contributed by atoms with van der Waals surface area (Å²) in [5, 5.41) is 10.9. The van der Waals surface area contributed by atoms with Gasteiger partial charge in [-0.25, -0.2) is 5.10 Å². The van der Waals surface area contributed by atoms with Gasteiger partial charge in [-0.1, -0.05) is 0 Å². The summed E-state index contributed by atoms with van der Waals surface area (Å²) in [5.74, 6) is 0. The fourth-order valence-electron chi connectivity index (χ4n) is 1.40. The highest BCUT2D eigenvalue weighted by atomic mass is 16.1. The van der Waals surface area contributed by atoms with Crippen molar-refractivity contribution in [2.24, 2.45) is 0 Å². The van der Waals surface area contributed by atoms with Crippen LogP contribution in [0.4, 0.5) is 0 Å². The Balaban J connectivity index is 2.83. The topological polar surface area (TPSA) is 63.6 Å². The van der Waals surface area contributed by atoms with Gasteiger partial charge in [0.15, 0.2) is 0 Å². The molecule has 0 aromatic carbocycles. The Labute approximate surface area is 80.7 Å². The molecule has 2 aromatic rings. The number of nitrogens with zero attached hydrogens (tertiary/aromatic N) is 3. The predicted octanol–water partition coefficient (Wildman–Crippen LogP) is 0.875. The first-order valence-corrected chi connectivity index (χ1v) is 4.42. The monoisotopic (exact) mass is 192 g/mol. The number of nitrogens with one attached hydrogen (secondary N) is 1. The Kier molecular flexibility index (Phi) is 1.70. The van der Waals surface area contributed by atoms with Gasteiger partial charge in [-0.3, -0.25) is 9.48 Å². The van der Waals surface area contributed by atoms with E-state index < -0.39 is 0 Å². The van der Waals surface area contributed by atoms with Gasteiger partial charge < -0.3 is 0 Å². The first kappa shape index (κ1) is 8.93. The third-order valence-electron chi connectivity index (χ3n) is 2.04. The van der Waals surface area contributed by atoms with E-state index in [-0.39, 0.29) is 11.1 Å². The molecule has 0 fully saturated rings. The molecule has 0 spiro atoms. The zero-order valence-electron chi connectivity index (χ0n) is 8.40. The zero-order chi connectivity index (χ0) is 10.3. The molecule has 2 aromatic heterocycles. The maximum Gasteiger partial charge on any atom is 0.275 e. The molecule has 0 radical (unpaired) electrons. The number of fused-ring (bicyclic) bond motifs is 1. The summed E-state index contributed by atoms with van der Waals surface area (Å²) in [7, 11) is 0. The Morgan fingerprint density at radius 1 is 1.36 bits per heavy atom. The van der Waals surface area contributed by atoms with Crippen LogP contribution in [-0.2, 0) is 5.54 Å². The minimum Gasteiger partial charge on any atom is -0.267 e. The molecule has 0 aliphatic carbocycles. The van der Waals surface area contributed by atoms with E-state index in [0.717, 1.165) is 5.52 Å². The van der Waals surface area contributed by atoms with E-state index in [4.69, 9.17) is 0 Å². The lowest BCUT2D eigenvalue weighted by molar-refractivity contribution is 0.368. The maximum atomic E-state index is 11.3. The Morgan fingerprint density at radius 3 is 2.71 bits per heavy atom. The lowest BCUT2D eigenvalue weighted by Gasteiger charge is -2.19.